The highest BCUT2D eigenvalue weighted by atomic mass is 14.4. The standard InChI is InChI=1S/C24H30/c1-22(2,3)23(4,5)15-14-17-12-13-19-18-10-8-9-11-20(18)24(6,7)21(19)16-17/h8-16H,1-7H3. The molecule has 0 saturated heterocycles. The molecule has 0 unspecified atom stereocenters. The molecule has 0 aliphatic heterocycles. The van der Waals surface area contributed by atoms with E-state index in [1.165, 1.54) is 27.8 Å². The molecule has 126 valence electrons. The van der Waals surface area contributed by atoms with Crippen molar-refractivity contribution in [3.05, 3.63) is 65.2 Å². The monoisotopic (exact) mass is 318 g/mol. The lowest BCUT2D eigenvalue weighted by Gasteiger charge is -2.36. The van der Waals surface area contributed by atoms with Crippen LogP contribution in [0.3, 0.4) is 0 Å². The minimum Gasteiger partial charge on any atom is -0.0777 e. The van der Waals surface area contributed by atoms with Gasteiger partial charge in [-0.15, -0.1) is 0 Å². The van der Waals surface area contributed by atoms with Gasteiger partial charge >= 0.3 is 0 Å². The van der Waals surface area contributed by atoms with Crippen molar-refractivity contribution in [1.82, 2.24) is 0 Å². The quantitative estimate of drug-likeness (QED) is 0.555. The molecule has 0 nitrogen and oxygen atoms in total. The lowest BCUT2D eigenvalue weighted by molar-refractivity contribution is 0.194. The summed E-state index contributed by atoms with van der Waals surface area (Å²) < 4.78 is 0. The predicted octanol–water partition coefficient (Wildman–Crippen LogP) is 7.08. The van der Waals surface area contributed by atoms with E-state index in [1.807, 2.05) is 0 Å². The Hall–Kier alpha value is -1.82. The molecule has 0 radical (unpaired) electrons. The van der Waals surface area contributed by atoms with E-state index in [9.17, 15) is 0 Å². The number of hydrogen-bond donors (Lipinski definition) is 0. The van der Waals surface area contributed by atoms with Crippen LogP contribution in [0.2, 0.25) is 0 Å². The topological polar surface area (TPSA) is 0 Å². The molecule has 0 amide bonds. The molecule has 1 aliphatic carbocycles. The van der Waals surface area contributed by atoms with Crippen molar-refractivity contribution in [3.8, 4) is 11.1 Å². The normalized spacial score (nSPS) is 16.3. The maximum atomic E-state index is 2.38. The molecule has 0 aromatic heterocycles. The largest absolute Gasteiger partial charge is 0.0777 e. The van der Waals surface area contributed by atoms with Gasteiger partial charge in [0.1, 0.15) is 0 Å². The third-order valence-electron chi connectivity index (χ3n) is 6.23. The van der Waals surface area contributed by atoms with E-state index in [0.29, 0.717) is 0 Å². The minimum absolute atomic E-state index is 0.0787. The summed E-state index contributed by atoms with van der Waals surface area (Å²) in [6, 6.07) is 15.8. The Morgan fingerprint density at radius 1 is 0.792 bits per heavy atom. The third-order valence-corrected chi connectivity index (χ3v) is 6.23. The molecular formula is C24H30. The van der Waals surface area contributed by atoms with Crippen LogP contribution in [0.5, 0.6) is 0 Å². The van der Waals surface area contributed by atoms with Gasteiger partial charge in [-0.1, -0.05) is 103 Å². The van der Waals surface area contributed by atoms with Crippen molar-refractivity contribution in [2.24, 2.45) is 10.8 Å². The van der Waals surface area contributed by atoms with Crippen LogP contribution in [-0.4, -0.2) is 0 Å². The molecule has 0 N–H and O–H groups in total. The lowest BCUT2D eigenvalue weighted by atomic mass is 9.69. The summed E-state index contributed by atoms with van der Waals surface area (Å²) in [7, 11) is 0. The van der Waals surface area contributed by atoms with Gasteiger partial charge in [0, 0.05) is 5.41 Å². The molecule has 2 aromatic carbocycles. The molecule has 3 rings (SSSR count). The smallest absolute Gasteiger partial charge is 0.0159 e. The fourth-order valence-corrected chi connectivity index (χ4v) is 3.38. The van der Waals surface area contributed by atoms with Gasteiger partial charge in [0.25, 0.3) is 0 Å². The Balaban J connectivity index is 2.02. The van der Waals surface area contributed by atoms with Gasteiger partial charge in [-0.25, -0.2) is 0 Å². The van der Waals surface area contributed by atoms with Crippen molar-refractivity contribution in [1.29, 1.82) is 0 Å². The van der Waals surface area contributed by atoms with Gasteiger partial charge in [0.05, 0.1) is 0 Å². The molecular weight excluding hydrogens is 288 g/mol. The first kappa shape index (κ1) is 17.0. The van der Waals surface area contributed by atoms with Gasteiger partial charge < -0.3 is 0 Å². The van der Waals surface area contributed by atoms with Crippen LogP contribution < -0.4 is 0 Å². The van der Waals surface area contributed by atoms with Crippen molar-refractivity contribution in [2.75, 3.05) is 0 Å². The Morgan fingerprint density at radius 3 is 2.08 bits per heavy atom. The van der Waals surface area contributed by atoms with E-state index in [-0.39, 0.29) is 16.2 Å². The Kier molecular flexibility index (Phi) is 3.79. The molecule has 0 heteroatoms. The van der Waals surface area contributed by atoms with Crippen molar-refractivity contribution in [3.63, 3.8) is 0 Å². The van der Waals surface area contributed by atoms with Crippen LogP contribution in [0, 0.1) is 10.8 Å². The number of rotatable bonds is 2. The van der Waals surface area contributed by atoms with Crippen LogP contribution in [0.1, 0.15) is 65.2 Å². The Labute approximate surface area is 147 Å². The first-order valence-electron chi connectivity index (χ1n) is 8.98. The number of benzene rings is 2. The highest BCUT2D eigenvalue weighted by Crippen LogP contribution is 2.48. The molecule has 0 fully saturated rings. The summed E-state index contributed by atoms with van der Waals surface area (Å²) in [5.74, 6) is 0. The minimum atomic E-state index is 0.0787. The summed E-state index contributed by atoms with van der Waals surface area (Å²) in [5, 5.41) is 0. The molecule has 0 heterocycles. The molecule has 0 atom stereocenters. The first-order valence-corrected chi connectivity index (χ1v) is 8.98. The Morgan fingerprint density at radius 2 is 1.42 bits per heavy atom. The lowest BCUT2D eigenvalue weighted by Crippen LogP contribution is -2.27. The molecule has 0 saturated carbocycles. The van der Waals surface area contributed by atoms with Crippen LogP contribution in [0.15, 0.2) is 48.5 Å². The average molecular weight is 319 g/mol. The fraction of sp³-hybridized carbons (Fsp3) is 0.417. The zero-order chi connectivity index (χ0) is 17.8. The maximum absolute atomic E-state index is 2.38. The summed E-state index contributed by atoms with van der Waals surface area (Å²) in [6.07, 6.45) is 4.66. The van der Waals surface area contributed by atoms with E-state index in [4.69, 9.17) is 0 Å². The van der Waals surface area contributed by atoms with E-state index >= 15 is 0 Å². The van der Waals surface area contributed by atoms with Crippen LogP contribution >= 0.6 is 0 Å². The Bertz CT molecular complexity index is 795. The highest BCUT2D eigenvalue weighted by molar-refractivity contribution is 5.81. The molecule has 0 bridgehead atoms. The van der Waals surface area contributed by atoms with Crippen LogP contribution in [0.25, 0.3) is 17.2 Å². The van der Waals surface area contributed by atoms with Crippen molar-refractivity contribution >= 4 is 6.08 Å². The van der Waals surface area contributed by atoms with Crippen molar-refractivity contribution in [2.45, 2.75) is 53.9 Å². The SMILES string of the molecule is CC1(C)c2ccccc2-c2ccc(C=CC(C)(C)C(C)(C)C)cc21. The molecule has 24 heavy (non-hydrogen) atoms. The second-order valence-electron chi connectivity index (χ2n) is 9.28. The predicted molar refractivity (Wildman–Crippen MR) is 106 cm³/mol. The molecule has 1 aliphatic rings. The number of allylic oxidation sites excluding steroid dienone is 1. The summed E-state index contributed by atoms with van der Waals surface area (Å²) in [6.45, 7) is 16.2. The zero-order valence-corrected chi connectivity index (χ0v) is 16.2. The summed E-state index contributed by atoms with van der Waals surface area (Å²) in [5.41, 5.74) is 7.45. The second-order valence-corrected chi connectivity index (χ2v) is 9.28. The van der Waals surface area contributed by atoms with Crippen molar-refractivity contribution < 1.29 is 0 Å². The third kappa shape index (κ3) is 2.62. The van der Waals surface area contributed by atoms with Gasteiger partial charge in [0.2, 0.25) is 0 Å². The first-order chi connectivity index (χ1) is 11.0. The average Bonchev–Trinajstić information content (AvgIpc) is 2.73. The van der Waals surface area contributed by atoms with E-state index in [0.717, 1.165) is 0 Å². The molecule has 2 aromatic rings. The van der Waals surface area contributed by atoms with Crippen LogP contribution in [0.4, 0.5) is 0 Å². The van der Waals surface area contributed by atoms with Gasteiger partial charge in [-0.2, -0.15) is 0 Å². The maximum Gasteiger partial charge on any atom is 0.0159 e. The zero-order valence-electron chi connectivity index (χ0n) is 16.2. The summed E-state index contributed by atoms with van der Waals surface area (Å²) in [4.78, 5) is 0. The summed E-state index contributed by atoms with van der Waals surface area (Å²) >= 11 is 0. The van der Waals surface area contributed by atoms with Crippen LogP contribution in [-0.2, 0) is 5.41 Å². The number of hydrogen-bond acceptors (Lipinski definition) is 0. The number of fused-ring (bicyclic) bond motifs is 3. The van der Waals surface area contributed by atoms with E-state index in [2.05, 4.69) is 103 Å². The second kappa shape index (κ2) is 5.34. The highest BCUT2D eigenvalue weighted by Gasteiger charge is 2.35. The fourth-order valence-electron chi connectivity index (χ4n) is 3.38. The van der Waals surface area contributed by atoms with Gasteiger partial charge in [0.15, 0.2) is 0 Å². The van der Waals surface area contributed by atoms with E-state index < -0.39 is 0 Å². The van der Waals surface area contributed by atoms with Gasteiger partial charge in [-0.05, 0) is 38.6 Å². The molecule has 0 spiro atoms. The van der Waals surface area contributed by atoms with Gasteiger partial charge in [-0.3, -0.25) is 0 Å². The van der Waals surface area contributed by atoms with E-state index in [1.54, 1.807) is 0 Å².